The Morgan fingerprint density at radius 3 is 2.77 bits per heavy atom. The van der Waals surface area contributed by atoms with E-state index < -0.39 is 0 Å². The molecule has 2 aromatic carbocycles. The Labute approximate surface area is 128 Å². The maximum Gasteiger partial charge on any atom is 0.251 e. The van der Waals surface area contributed by atoms with Crippen LogP contribution in [-0.4, -0.2) is 32.1 Å². The zero-order valence-corrected chi connectivity index (χ0v) is 12.1. The molecule has 0 aliphatic carbocycles. The zero-order chi connectivity index (χ0) is 15.4. The lowest BCUT2D eigenvalue weighted by Crippen LogP contribution is -2.39. The van der Waals surface area contributed by atoms with Crippen molar-refractivity contribution in [3.63, 3.8) is 0 Å². The molecule has 0 bridgehead atoms. The van der Waals surface area contributed by atoms with Crippen molar-refractivity contribution in [3.05, 3.63) is 59.9 Å². The summed E-state index contributed by atoms with van der Waals surface area (Å²) in [5.74, 6) is 0.335. The molecule has 1 heterocycles. The molecule has 1 N–H and O–H groups in total. The Bertz CT molecular complexity index is 658. The molecule has 4 nitrogen and oxygen atoms in total. The molecule has 5 heteroatoms. The minimum Gasteiger partial charge on any atom is -0.490 e. The average Bonchev–Trinajstić information content (AvgIpc) is 2.55. The molecule has 3 rings (SSSR count). The Hall–Kier alpha value is -2.56. The van der Waals surface area contributed by atoms with Crippen LogP contribution >= 0.6 is 0 Å². The second-order valence-corrected chi connectivity index (χ2v) is 5.07. The van der Waals surface area contributed by atoms with Crippen LogP contribution in [0.15, 0.2) is 48.5 Å². The number of fused-ring (bicyclic) bond motifs is 1. The van der Waals surface area contributed by atoms with Crippen molar-refractivity contribution in [2.75, 3.05) is 31.1 Å². The van der Waals surface area contributed by atoms with Gasteiger partial charge in [0.05, 0.1) is 12.2 Å². The maximum absolute atomic E-state index is 12.8. The van der Waals surface area contributed by atoms with Crippen molar-refractivity contribution >= 4 is 11.6 Å². The predicted molar refractivity (Wildman–Crippen MR) is 82.9 cm³/mol. The van der Waals surface area contributed by atoms with Gasteiger partial charge in [-0.2, -0.15) is 0 Å². The van der Waals surface area contributed by atoms with Crippen LogP contribution in [0.25, 0.3) is 0 Å². The second-order valence-electron chi connectivity index (χ2n) is 5.07. The van der Waals surface area contributed by atoms with E-state index in [2.05, 4.69) is 10.2 Å². The molecule has 114 valence electrons. The Balaban J connectivity index is 1.55. The third-order valence-electron chi connectivity index (χ3n) is 3.60. The van der Waals surface area contributed by atoms with Gasteiger partial charge in [0.15, 0.2) is 0 Å². The summed E-state index contributed by atoms with van der Waals surface area (Å²) in [6, 6.07) is 13.4. The number of halogens is 1. The fourth-order valence-electron chi connectivity index (χ4n) is 2.47. The van der Waals surface area contributed by atoms with Gasteiger partial charge in [0.1, 0.15) is 18.2 Å². The monoisotopic (exact) mass is 300 g/mol. The minimum atomic E-state index is -0.346. The molecule has 1 aliphatic rings. The molecule has 0 atom stereocenters. The molecule has 0 fully saturated rings. The van der Waals surface area contributed by atoms with Gasteiger partial charge < -0.3 is 15.0 Å². The summed E-state index contributed by atoms with van der Waals surface area (Å²) in [5.41, 5.74) is 1.51. The van der Waals surface area contributed by atoms with E-state index >= 15 is 0 Å². The Kier molecular flexibility index (Phi) is 4.23. The van der Waals surface area contributed by atoms with Crippen molar-refractivity contribution in [1.29, 1.82) is 0 Å². The van der Waals surface area contributed by atoms with Gasteiger partial charge in [-0.15, -0.1) is 0 Å². The SMILES string of the molecule is O=C(NCCN1CCOc2ccccc21)c1ccc(F)cc1. The first kappa shape index (κ1) is 14.4. The smallest absolute Gasteiger partial charge is 0.251 e. The summed E-state index contributed by atoms with van der Waals surface area (Å²) in [6.45, 7) is 2.66. The highest BCUT2D eigenvalue weighted by Crippen LogP contribution is 2.30. The van der Waals surface area contributed by atoms with Crippen LogP contribution in [0.2, 0.25) is 0 Å². The van der Waals surface area contributed by atoms with Crippen LogP contribution in [-0.2, 0) is 0 Å². The summed E-state index contributed by atoms with van der Waals surface area (Å²) >= 11 is 0. The second kappa shape index (κ2) is 6.47. The van der Waals surface area contributed by atoms with E-state index in [4.69, 9.17) is 4.74 Å². The van der Waals surface area contributed by atoms with Crippen molar-refractivity contribution in [3.8, 4) is 5.75 Å². The molecule has 0 radical (unpaired) electrons. The van der Waals surface area contributed by atoms with Gasteiger partial charge in [0, 0.05) is 18.7 Å². The average molecular weight is 300 g/mol. The minimum absolute atomic E-state index is 0.193. The molecule has 1 amide bonds. The number of para-hydroxylation sites is 2. The number of carbonyl (C=O) groups is 1. The van der Waals surface area contributed by atoms with Crippen molar-refractivity contribution in [1.82, 2.24) is 5.32 Å². The molecule has 1 aliphatic heterocycles. The molecule has 22 heavy (non-hydrogen) atoms. The molecule has 0 aromatic heterocycles. The van der Waals surface area contributed by atoms with E-state index in [0.29, 0.717) is 25.3 Å². The first-order valence-corrected chi connectivity index (χ1v) is 7.24. The summed E-state index contributed by atoms with van der Waals surface area (Å²) in [5, 5.41) is 2.85. The van der Waals surface area contributed by atoms with Crippen molar-refractivity contribution < 1.29 is 13.9 Å². The number of rotatable bonds is 4. The topological polar surface area (TPSA) is 41.6 Å². The van der Waals surface area contributed by atoms with Crippen LogP contribution in [0.1, 0.15) is 10.4 Å². The fraction of sp³-hybridized carbons (Fsp3) is 0.235. The molecule has 0 unspecified atom stereocenters. The van der Waals surface area contributed by atoms with Crippen LogP contribution in [0.5, 0.6) is 5.75 Å². The van der Waals surface area contributed by atoms with Gasteiger partial charge in [-0.05, 0) is 36.4 Å². The lowest BCUT2D eigenvalue weighted by atomic mass is 10.2. The van der Waals surface area contributed by atoms with Gasteiger partial charge in [-0.25, -0.2) is 4.39 Å². The highest BCUT2D eigenvalue weighted by atomic mass is 19.1. The van der Waals surface area contributed by atoms with Gasteiger partial charge in [0.2, 0.25) is 0 Å². The van der Waals surface area contributed by atoms with E-state index in [1.807, 2.05) is 24.3 Å². The summed E-state index contributed by atoms with van der Waals surface area (Å²) < 4.78 is 18.4. The molecule has 2 aromatic rings. The summed E-state index contributed by atoms with van der Waals surface area (Å²) in [7, 11) is 0. The first-order valence-electron chi connectivity index (χ1n) is 7.24. The zero-order valence-electron chi connectivity index (χ0n) is 12.1. The number of amides is 1. The van der Waals surface area contributed by atoms with Gasteiger partial charge in [-0.3, -0.25) is 4.79 Å². The van der Waals surface area contributed by atoms with Gasteiger partial charge in [0.25, 0.3) is 5.91 Å². The van der Waals surface area contributed by atoms with E-state index in [-0.39, 0.29) is 11.7 Å². The molecule has 0 saturated heterocycles. The number of anilines is 1. The van der Waals surface area contributed by atoms with Crippen LogP contribution < -0.4 is 15.0 Å². The number of hydrogen-bond donors (Lipinski definition) is 1. The Morgan fingerprint density at radius 1 is 1.18 bits per heavy atom. The number of ether oxygens (including phenoxy) is 1. The largest absolute Gasteiger partial charge is 0.490 e. The fourth-order valence-corrected chi connectivity index (χ4v) is 2.47. The number of hydrogen-bond acceptors (Lipinski definition) is 3. The highest BCUT2D eigenvalue weighted by molar-refractivity contribution is 5.94. The Morgan fingerprint density at radius 2 is 1.95 bits per heavy atom. The summed E-state index contributed by atoms with van der Waals surface area (Å²) in [6.07, 6.45) is 0. The summed E-state index contributed by atoms with van der Waals surface area (Å²) in [4.78, 5) is 14.2. The first-order chi connectivity index (χ1) is 10.7. The molecular weight excluding hydrogens is 283 g/mol. The molecule has 0 saturated carbocycles. The maximum atomic E-state index is 12.8. The van der Waals surface area contributed by atoms with E-state index in [1.54, 1.807) is 0 Å². The standard InChI is InChI=1S/C17H17FN2O2/c18-14-7-5-13(6-8-14)17(21)19-9-10-20-11-12-22-16-4-2-1-3-15(16)20/h1-8H,9-12H2,(H,19,21). The lowest BCUT2D eigenvalue weighted by Gasteiger charge is -2.31. The van der Waals surface area contributed by atoms with E-state index in [9.17, 15) is 9.18 Å². The van der Waals surface area contributed by atoms with E-state index in [1.165, 1.54) is 24.3 Å². The third-order valence-corrected chi connectivity index (χ3v) is 3.60. The van der Waals surface area contributed by atoms with Crippen LogP contribution in [0.4, 0.5) is 10.1 Å². The van der Waals surface area contributed by atoms with Gasteiger partial charge >= 0.3 is 0 Å². The quantitative estimate of drug-likeness (QED) is 0.943. The number of benzene rings is 2. The normalized spacial score (nSPS) is 13.2. The number of carbonyl (C=O) groups excluding carboxylic acids is 1. The predicted octanol–water partition coefficient (Wildman–Crippen LogP) is 2.45. The lowest BCUT2D eigenvalue weighted by molar-refractivity contribution is 0.0954. The molecule has 0 spiro atoms. The van der Waals surface area contributed by atoms with Gasteiger partial charge in [-0.1, -0.05) is 12.1 Å². The van der Waals surface area contributed by atoms with Crippen molar-refractivity contribution in [2.45, 2.75) is 0 Å². The number of nitrogens with zero attached hydrogens (tertiary/aromatic N) is 1. The van der Waals surface area contributed by atoms with Crippen molar-refractivity contribution in [2.24, 2.45) is 0 Å². The third kappa shape index (κ3) is 3.19. The van der Waals surface area contributed by atoms with Crippen LogP contribution in [0, 0.1) is 5.82 Å². The number of nitrogens with one attached hydrogen (secondary N) is 1. The van der Waals surface area contributed by atoms with E-state index in [0.717, 1.165) is 18.0 Å². The van der Waals surface area contributed by atoms with Crippen LogP contribution in [0.3, 0.4) is 0 Å². The highest BCUT2D eigenvalue weighted by Gasteiger charge is 2.17. The molecular formula is C17H17FN2O2.